The van der Waals surface area contributed by atoms with Gasteiger partial charge in [0, 0.05) is 26.0 Å². The lowest BCUT2D eigenvalue weighted by molar-refractivity contribution is 0.0943. The number of aromatic nitrogens is 3. The topological polar surface area (TPSA) is 62.7 Å². The number of hydrogen-bond acceptors (Lipinski definition) is 2. The van der Waals surface area contributed by atoms with E-state index in [-0.39, 0.29) is 5.91 Å². The van der Waals surface area contributed by atoms with Gasteiger partial charge < -0.3 is 9.88 Å². The van der Waals surface area contributed by atoms with Crippen LogP contribution < -0.4 is 5.32 Å². The molecule has 3 aromatic rings. The Morgan fingerprint density at radius 1 is 1.24 bits per heavy atom. The number of aryl methyl sites for hydroxylation is 1. The summed E-state index contributed by atoms with van der Waals surface area (Å²) in [4.78, 5) is 12.0. The molecule has 0 aliphatic carbocycles. The average molecular weight is 280 g/mol. The van der Waals surface area contributed by atoms with E-state index >= 15 is 0 Å². The van der Waals surface area contributed by atoms with E-state index in [0.717, 1.165) is 16.8 Å². The van der Waals surface area contributed by atoms with Crippen molar-refractivity contribution in [3.63, 3.8) is 0 Å². The van der Waals surface area contributed by atoms with E-state index in [1.807, 2.05) is 49.6 Å². The molecule has 5 nitrogen and oxygen atoms in total. The molecule has 106 valence electrons. The van der Waals surface area contributed by atoms with Gasteiger partial charge in [0.05, 0.1) is 5.69 Å². The first-order valence-electron chi connectivity index (χ1n) is 6.72. The quantitative estimate of drug-likeness (QED) is 0.770. The Bertz CT molecular complexity index is 726. The Balaban J connectivity index is 1.64. The molecule has 0 atom stereocenters. The van der Waals surface area contributed by atoms with Gasteiger partial charge in [0.1, 0.15) is 5.69 Å². The molecule has 5 heteroatoms. The second kappa shape index (κ2) is 5.66. The van der Waals surface area contributed by atoms with Crippen LogP contribution in [0, 0.1) is 0 Å². The molecule has 3 rings (SSSR count). The molecule has 2 heterocycles. The second-order valence-corrected chi connectivity index (χ2v) is 4.85. The van der Waals surface area contributed by atoms with E-state index < -0.39 is 0 Å². The van der Waals surface area contributed by atoms with Gasteiger partial charge in [-0.2, -0.15) is 5.10 Å². The van der Waals surface area contributed by atoms with E-state index in [1.54, 1.807) is 16.8 Å². The van der Waals surface area contributed by atoms with Gasteiger partial charge in [-0.05, 0) is 29.3 Å². The molecule has 0 radical (unpaired) electrons. The highest BCUT2D eigenvalue weighted by Crippen LogP contribution is 2.16. The van der Waals surface area contributed by atoms with Crippen molar-refractivity contribution in [2.75, 3.05) is 0 Å². The van der Waals surface area contributed by atoms with Gasteiger partial charge in [-0.1, -0.05) is 24.3 Å². The van der Waals surface area contributed by atoms with Gasteiger partial charge in [0.15, 0.2) is 0 Å². The summed E-state index contributed by atoms with van der Waals surface area (Å²) in [7, 11) is 1.86. The maximum atomic E-state index is 12.0. The van der Waals surface area contributed by atoms with Crippen LogP contribution in [-0.4, -0.2) is 20.7 Å². The summed E-state index contributed by atoms with van der Waals surface area (Å²) in [6.45, 7) is 0.507. The fraction of sp³-hybridized carbons (Fsp3) is 0.125. The minimum atomic E-state index is -0.0693. The zero-order valence-corrected chi connectivity index (χ0v) is 11.7. The van der Waals surface area contributed by atoms with E-state index in [1.165, 1.54) is 0 Å². The average Bonchev–Trinajstić information content (AvgIpc) is 3.16. The fourth-order valence-electron chi connectivity index (χ4n) is 2.19. The number of amides is 1. The number of nitrogens with zero attached hydrogens (tertiary/aromatic N) is 2. The van der Waals surface area contributed by atoms with Crippen LogP contribution in [0.15, 0.2) is 54.9 Å². The third-order valence-corrected chi connectivity index (χ3v) is 3.40. The Kier molecular flexibility index (Phi) is 3.55. The lowest BCUT2D eigenvalue weighted by Crippen LogP contribution is -2.24. The first-order chi connectivity index (χ1) is 10.2. The monoisotopic (exact) mass is 280 g/mol. The molecule has 21 heavy (non-hydrogen) atoms. The third kappa shape index (κ3) is 2.86. The molecular weight excluding hydrogens is 264 g/mol. The summed E-state index contributed by atoms with van der Waals surface area (Å²) in [5, 5.41) is 9.77. The van der Waals surface area contributed by atoms with Crippen LogP contribution in [0.2, 0.25) is 0 Å². The molecule has 0 saturated heterocycles. The summed E-state index contributed by atoms with van der Waals surface area (Å²) >= 11 is 0. The number of carbonyl (C=O) groups is 1. The molecule has 1 aromatic carbocycles. The molecule has 0 spiro atoms. The van der Waals surface area contributed by atoms with Crippen molar-refractivity contribution in [1.82, 2.24) is 20.1 Å². The molecule has 0 saturated carbocycles. The van der Waals surface area contributed by atoms with Crippen molar-refractivity contribution in [2.24, 2.45) is 7.05 Å². The van der Waals surface area contributed by atoms with Gasteiger partial charge in [0.2, 0.25) is 0 Å². The van der Waals surface area contributed by atoms with Crippen molar-refractivity contribution in [3.05, 3.63) is 66.1 Å². The highest BCUT2D eigenvalue weighted by Gasteiger charge is 2.08. The Morgan fingerprint density at radius 3 is 2.67 bits per heavy atom. The van der Waals surface area contributed by atoms with Gasteiger partial charge in [0.25, 0.3) is 5.91 Å². The van der Waals surface area contributed by atoms with E-state index in [2.05, 4.69) is 15.5 Å². The highest BCUT2D eigenvalue weighted by molar-refractivity contribution is 5.92. The minimum Gasteiger partial charge on any atom is -0.347 e. The normalized spacial score (nSPS) is 10.5. The zero-order chi connectivity index (χ0) is 14.7. The van der Waals surface area contributed by atoms with Crippen LogP contribution in [0.4, 0.5) is 0 Å². The number of benzene rings is 1. The summed E-state index contributed by atoms with van der Waals surface area (Å²) in [5.74, 6) is -0.0693. The molecule has 1 amide bonds. The van der Waals surface area contributed by atoms with Gasteiger partial charge in [-0.25, -0.2) is 0 Å². The van der Waals surface area contributed by atoms with Crippen molar-refractivity contribution < 1.29 is 4.79 Å². The zero-order valence-electron chi connectivity index (χ0n) is 11.7. The number of rotatable bonds is 4. The minimum absolute atomic E-state index is 0.0693. The fourth-order valence-corrected chi connectivity index (χ4v) is 2.19. The summed E-state index contributed by atoms with van der Waals surface area (Å²) in [6, 6.07) is 13.6. The van der Waals surface area contributed by atoms with E-state index in [0.29, 0.717) is 12.2 Å². The maximum Gasteiger partial charge on any atom is 0.268 e. The predicted molar refractivity (Wildman–Crippen MR) is 80.6 cm³/mol. The molecule has 0 bridgehead atoms. The Hall–Kier alpha value is -2.82. The number of hydrogen-bond donors (Lipinski definition) is 2. The van der Waals surface area contributed by atoms with Gasteiger partial charge >= 0.3 is 0 Å². The Morgan fingerprint density at radius 2 is 2.05 bits per heavy atom. The number of H-pyrrole nitrogens is 1. The predicted octanol–water partition coefficient (Wildman–Crippen LogP) is 2.35. The van der Waals surface area contributed by atoms with Crippen LogP contribution in [0.1, 0.15) is 16.1 Å². The van der Waals surface area contributed by atoms with Crippen LogP contribution in [0.5, 0.6) is 0 Å². The van der Waals surface area contributed by atoms with Gasteiger partial charge in [-0.3, -0.25) is 9.89 Å². The van der Waals surface area contributed by atoms with Crippen LogP contribution in [-0.2, 0) is 13.6 Å². The smallest absolute Gasteiger partial charge is 0.268 e. The molecule has 0 unspecified atom stereocenters. The Labute approximate surface area is 122 Å². The van der Waals surface area contributed by atoms with Crippen molar-refractivity contribution in [1.29, 1.82) is 0 Å². The SMILES string of the molecule is Cn1cccc1C(=O)NCc1ccc(-c2ccn[nH]2)cc1. The largest absolute Gasteiger partial charge is 0.347 e. The first-order valence-corrected chi connectivity index (χ1v) is 6.72. The third-order valence-electron chi connectivity index (χ3n) is 3.40. The lowest BCUT2D eigenvalue weighted by atomic mass is 10.1. The molecule has 0 aliphatic heterocycles. The molecule has 2 aromatic heterocycles. The van der Waals surface area contributed by atoms with Crippen LogP contribution in [0.3, 0.4) is 0 Å². The van der Waals surface area contributed by atoms with Crippen molar-refractivity contribution in [2.45, 2.75) is 6.54 Å². The second-order valence-electron chi connectivity index (χ2n) is 4.85. The molecule has 0 fully saturated rings. The summed E-state index contributed by atoms with van der Waals surface area (Å²) in [6.07, 6.45) is 3.58. The van der Waals surface area contributed by atoms with Crippen LogP contribution in [0.25, 0.3) is 11.3 Å². The van der Waals surface area contributed by atoms with E-state index in [4.69, 9.17) is 0 Å². The van der Waals surface area contributed by atoms with Crippen molar-refractivity contribution >= 4 is 5.91 Å². The summed E-state index contributed by atoms with van der Waals surface area (Å²) in [5.41, 5.74) is 3.77. The number of carbonyl (C=O) groups excluding carboxylic acids is 1. The molecule has 0 aliphatic rings. The summed E-state index contributed by atoms with van der Waals surface area (Å²) < 4.78 is 1.80. The number of nitrogens with one attached hydrogen (secondary N) is 2. The molecule has 2 N–H and O–H groups in total. The number of aromatic amines is 1. The lowest BCUT2D eigenvalue weighted by Gasteiger charge is -2.07. The van der Waals surface area contributed by atoms with Crippen LogP contribution >= 0.6 is 0 Å². The van der Waals surface area contributed by atoms with Gasteiger partial charge in [-0.15, -0.1) is 0 Å². The van der Waals surface area contributed by atoms with E-state index in [9.17, 15) is 4.79 Å². The molecular formula is C16H16N4O. The first kappa shape index (κ1) is 13.2. The maximum absolute atomic E-state index is 12.0. The standard InChI is InChI=1S/C16H16N4O/c1-20-10-2-3-15(20)16(21)17-11-12-4-6-13(7-5-12)14-8-9-18-19-14/h2-10H,11H2,1H3,(H,17,21)(H,18,19). The highest BCUT2D eigenvalue weighted by atomic mass is 16.1. The van der Waals surface area contributed by atoms with Crippen molar-refractivity contribution in [3.8, 4) is 11.3 Å².